The Bertz CT molecular complexity index is 595. The molecule has 132 valence electrons. The van der Waals surface area contributed by atoms with Crippen LogP contribution < -0.4 is 0 Å². The number of hydrogen-bond acceptors (Lipinski definition) is 3. The molecule has 2 aliphatic rings. The molecule has 3 rings (SSSR count). The predicted octanol–water partition coefficient (Wildman–Crippen LogP) is 3.28. The molecule has 2 fully saturated rings. The van der Waals surface area contributed by atoms with Crippen LogP contribution in [0.4, 0.5) is 0 Å². The van der Waals surface area contributed by atoms with Crippen molar-refractivity contribution in [2.45, 2.75) is 46.1 Å². The van der Waals surface area contributed by atoms with Crippen LogP contribution in [0.5, 0.6) is 5.75 Å². The highest BCUT2D eigenvalue weighted by Gasteiger charge is 2.33. The van der Waals surface area contributed by atoms with Gasteiger partial charge < -0.3 is 10.0 Å². The SMILES string of the molecule is Cc1cc(C(=O)N2CCCN(CC3CC3)C(C(C)C)C2)ccc1O. The summed E-state index contributed by atoms with van der Waals surface area (Å²) in [7, 11) is 0. The van der Waals surface area contributed by atoms with Crippen LogP contribution in [0.1, 0.15) is 49.0 Å². The van der Waals surface area contributed by atoms with Crippen molar-refractivity contribution in [3.63, 3.8) is 0 Å². The first kappa shape index (κ1) is 17.3. The number of aromatic hydroxyl groups is 1. The number of phenolic OH excluding ortho intramolecular Hbond substituents is 1. The van der Waals surface area contributed by atoms with Crippen molar-refractivity contribution in [3.8, 4) is 5.75 Å². The van der Waals surface area contributed by atoms with Gasteiger partial charge in [0.1, 0.15) is 5.75 Å². The summed E-state index contributed by atoms with van der Waals surface area (Å²) in [6, 6.07) is 5.60. The molecule has 1 heterocycles. The minimum Gasteiger partial charge on any atom is -0.508 e. The molecule has 1 saturated carbocycles. The molecule has 1 unspecified atom stereocenters. The highest BCUT2D eigenvalue weighted by atomic mass is 16.3. The number of nitrogens with zero attached hydrogens (tertiary/aromatic N) is 2. The fourth-order valence-corrected chi connectivity index (χ4v) is 3.71. The van der Waals surface area contributed by atoms with E-state index in [-0.39, 0.29) is 11.7 Å². The van der Waals surface area contributed by atoms with Gasteiger partial charge in [0.25, 0.3) is 5.91 Å². The van der Waals surface area contributed by atoms with Crippen LogP contribution >= 0.6 is 0 Å². The fourth-order valence-electron chi connectivity index (χ4n) is 3.71. The van der Waals surface area contributed by atoms with E-state index in [4.69, 9.17) is 0 Å². The lowest BCUT2D eigenvalue weighted by Crippen LogP contribution is -2.46. The zero-order chi connectivity index (χ0) is 17.3. The highest BCUT2D eigenvalue weighted by molar-refractivity contribution is 5.94. The molecule has 4 heteroatoms. The lowest BCUT2D eigenvalue weighted by atomic mass is 10.0. The zero-order valence-electron chi connectivity index (χ0n) is 15.2. The molecule has 1 aliphatic carbocycles. The molecule has 1 aliphatic heterocycles. The summed E-state index contributed by atoms with van der Waals surface area (Å²) in [6.45, 7) is 10.3. The van der Waals surface area contributed by atoms with Crippen molar-refractivity contribution >= 4 is 5.91 Å². The van der Waals surface area contributed by atoms with Gasteiger partial charge >= 0.3 is 0 Å². The van der Waals surface area contributed by atoms with E-state index in [0.717, 1.165) is 37.5 Å². The van der Waals surface area contributed by atoms with Gasteiger partial charge in [-0.25, -0.2) is 0 Å². The van der Waals surface area contributed by atoms with Gasteiger partial charge in [0.2, 0.25) is 0 Å². The second kappa shape index (κ2) is 7.14. The van der Waals surface area contributed by atoms with Gasteiger partial charge in [-0.2, -0.15) is 0 Å². The van der Waals surface area contributed by atoms with Crippen molar-refractivity contribution in [2.24, 2.45) is 11.8 Å². The van der Waals surface area contributed by atoms with Crippen LogP contribution in [0.25, 0.3) is 0 Å². The third-order valence-electron chi connectivity index (χ3n) is 5.44. The molecule has 0 aromatic heterocycles. The molecule has 1 atom stereocenters. The quantitative estimate of drug-likeness (QED) is 0.921. The maximum atomic E-state index is 13.0. The molecule has 0 radical (unpaired) electrons. The molecule has 0 spiro atoms. The number of rotatable bonds is 4. The molecule has 24 heavy (non-hydrogen) atoms. The van der Waals surface area contributed by atoms with Gasteiger partial charge in [-0.3, -0.25) is 9.69 Å². The summed E-state index contributed by atoms with van der Waals surface area (Å²) in [5.74, 6) is 1.77. The number of amides is 1. The van der Waals surface area contributed by atoms with Crippen LogP contribution in [0.15, 0.2) is 18.2 Å². The topological polar surface area (TPSA) is 43.8 Å². The molecule has 4 nitrogen and oxygen atoms in total. The van der Waals surface area contributed by atoms with Crippen LogP contribution in [-0.2, 0) is 0 Å². The number of benzene rings is 1. The Labute approximate surface area is 145 Å². The Morgan fingerprint density at radius 1 is 1.29 bits per heavy atom. The molecule has 1 aromatic carbocycles. The van der Waals surface area contributed by atoms with Gasteiger partial charge in [-0.05, 0) is 61.8 Å². The number of hydrogen-bond donors (Lipinski definition) is 1. The van der Waals surface area contributed by atoms with Crippen molar-refractivity contribution in [3.05, 3.63) is 29.3 Å². The van der Waals surface area contributed by atoms with Gasteiger partial charge in [-0.15, -0.1) is 0 Å². The van der Waals surface area contributed by atoms with E-state index >= 15 is 0 Å². The molecular weight excluding hydrogens is 300 g/mol. The van der Waals surface area contributed by atoms with E-state index in [2.05, 4.69) is 18.7 Å². The van der Waals surface area contributed by atoms with Gasteiger partial charge in [0, 0.05) is 37.8 Å². The highest BCUT2D eigenvalue weighted by Crippen LogP contribution is 2.32. The van der Waals surface area contributed by atoms with E-state index in [1.807, 2.05) is 11.8 Å². The van der Waals surface area contributed by atoms with Gasteiger partial charge in [0.05, 0.1) is 0 Å². The van der Waals surface area contributed by atoms with Gasteiger partial charge in [0.15, 0.2) is 0 Å². The van der Waals surface area contributed by atoms with Crippen molar-refractivity contribution in [1.82, 2.24) is 9.80 Å². The Morgan fingerprint density at radius 3 is 2.67 bits per heavy atom. The summed E-state index contributed by atoms with van der Waals surface area (Å²) in [5, 5.41) is 9.69. The van der Waals surface area contributed by atoms with E-state index < -0.39 is 0 Å². The summed E-state index contributed by atoms with van der Waals surface area (Å²) >= 11 is 0. The lowest BCUT2D eigenvalue weighted by molar-refractivity contribution is 0.0704. The van der Waals surface area contributed by atoms with E-state index in [1.165, 1.54) is 19.4 Å². The first-order chi connectivity index (χ1) is 11.5. The van der Waals surface area contributed by atoms with Crippen molar-refractivity contribution in [1.29, 1.82) is 0 Å². The first-order valence-electron chi connectivity index (χ1n) is 9.28. The van der Waals surface area contributed by atoms with Crippen molar-refractivity contribution in [2.75, 3.05) is 26.2 Å². The number of carbonyl (C=O) groups excluding carboxylic acids is 1. The minimum atomic E-state index is 0.0945. The van der Waals surface area contributed by atoms with Crippen LogP contribution in [0, 0.1) is 18.8 Å². The largest absolute Gasteiger partial charge is 0.508 e. The minimum absolute atomic E-state index is 0.0945. The summed E-state index contributed by atoms with van der Waals surface area (Å²) in [6.07, 6.45) is 3.78. The lowest BCUT2D eigenvalue weighted by Gasteiger charge is -2.34. The third kappa shape index (κ3) is 3.92. The zero-order valence-corrected chi connectivity index (χ0v) is 15.2. The fraction of sp³-hybridized carbons (Fsp3) is 0.650. The summed E-state index contributed by atoms with van der Waals surface area (Å²) in [5.41, 5.74) is 1.44. The Kier molecular flexibility index (Phi) is 5.14. The smallest absolute Gasteiger partial charge is 0.253 e. The van der Waals surface area contributed by atoms with Crippen molar-refractivity contribution < 1.29 is 9.90 Å². The second-order valence-electron chi connectivity index (χ2n) is 7.86. The number of phenols is 1. The molecule has 1 aromatic rings. The Hall–Kier alpha value is -1.55. The standard InChI is InChI=1S/C20H30N2O2/c1-14(2)18-13-22(10-4-9-21(18)12-16-5-6-16)20(24)17-7-8-19(23)15(3)11-17/h7-8,11,14,16,18,23H,4-6,9-10,12-13H2,1-3H3. The maximum Gasteiger partial charge on any atom is 0.253 e. The number of carbonyl (C=O) groups is 1. The third-order valence-corrected chi connectivity index (χ3v) is 5.44. The van der Waals surface area contributed by atoms with Crippen LogP contribution in [0.2, 0.25) is 0 Å². The molecule has 1 saturated heterocycles. The van der Waals surface area contributed by atoms with Crippen LogP contribution in [-0.4, -0.2) is 53.0 Å². The Balaban J connectivity index is 1.74. The second-order valence-corrected chi connectivity index (χ2v) is 7.86. The van der Waals surface area contributed by atoms with E-state index in [9.17, 15) is 9.90 Å². The molecule has 1 N–H and O–H groups in total. The average Bonchev–Trinajstić information content (AvgIpc) is 3.36. The average molecular weight is 330 g/mol. The van der Waals surface area contributed by atoms with E-state index in [0.29, 0.717) is 17.5 Å². The summed E-state index contributed by atoms with van der Waals surface area (Å²) in [4.78, 5) is 17.6. The molecule has 0 bridgehead atoms. The normalized spacial score (nSPS) is 22.7. The van der Waals surface area contributed by atoms with Crippen LogP contribution in [0.3, 0.4) is 0 Å². The molecular formula is C20H30N2O2. The first-order valence-corrected chi connectivity index (χ1v) is 9.28. The monoisotopic (exact) mass is 330 g/mol. The number of aryl methyl sites for hydroxylation is 1. The van der Waals surface area contributed by atoms with E-state index in [1.54, 1.807) is 18.2 Å². The predicted molar refractivity (Wildman–Crippen MR) is 96.3 cm³/mol. The molecule has 1 amide bonds. The summed E-state index contributed by atoms with van der Waals surface area (Å²) < 4.78 is 0. The van der Waals surface area contributed by atoms with Gasteiger partial charge in [-0.1, -0.05) is 13.8 Å². The maximum absolute atomic E-state index is 13.0. The Morgan fingerprint density at radius 2 is 2.04 bits per heavy atom.